The molecule has 0 bridgehead atoms. The van der Waals surface area contributed by atoms with Crippen LogP contribution in [0.3, 0.4) is 0 Å². The minimum absolute atomic E-state index is 0. The van der Waals surface area contributed by atoms with E-state index in [0.29, 0.717) is 0 Å². The zero-order valence-electron chi connectivity index (χ0n) is 2.14. The second-order valence-electron chi connectivity index (χ2n) is 0. The van der Waals surface area contributed by atoms with Crippen LogP contribution in [0, 0.1) is 40.4 Å². The van der Waals surface area contributed by atoms with Gasteiger partial charge in [0.05, 0.1) is 0 Å². The topological polar surface area (TPSA) is 0 Å². The molecule has 0 heterocycles. The van der Waals surface area contributed by atoms with Crippen molar-refractivity contribution in [3.05, 3.63) is 0 Å². The van der Waals surface area contributed by atoms with Gasteiger partial charge in [0.1, 0.15) is 0 Å². The Morgan fingerprint density at radius 3 is 0.500 bits per heavy atom. The van der Waals surface area contributed by atoms with Crippen LogP contribution in [0.4, 0.5) is 0 Å². The Hall–Kier alpha value is 3.95. The largest absolute Gasteiger partial charge is 0 e. The SMILES string of the molecule is [In].[In].[In].[Sm]. The first-order valence-corrected chi connectivity index (χ1v) is 0. The molecule has 0 atom stereocenters. The molecule has 0 amide bonds. The van der Waals surface area contributed by atoms with E-state index in [9.17, 15) is 0 Å². The molecule has 0 nitrogen and oxygen atoms in total. The first-order chi connectivity index (χ1) is 0. The third-order valence-electron chi connectivity index (χ3n) is 0. The molecule has 0 aromatic carbocycles. The average molecular weight is 495 g/mol. The van der Waals surface area contributed by atoms with E-state index in [1.54, 1.807) is 0 Å². The summed E-state index contributed by atoms with van der Waals surface area (Å²) in [5.74, 6) is 0. The quantitative estimate of drug-likeness (QED) is 0.399. The zero-order valence-corrected chi connectivity index (χ0v) is 14.6. The Balaban J connectivity index is 0. The molecule has 9 radical (unpaired) electrons. The molecule has 0 spiro atoms. The van der Waals surface area contributed by atoms with Crippen molar-refractivity contribution in [1.29, 1.82) is 0 Å². The van der Waals surface area contributed by atoms with E-state index in [2.05, 4.69) is 0 Å². The summed E-state index contributed by atoms with van der Waals surface area (Å²) in [7, 11) is 0. The molecule has 0 aliphatic heterocycles. The second-order valence-corrected chi connectivity index (χ2v) is 0. The van der Waals surface area contributed by atoms with Gasteiger partial charge in [0.25, 0.3) is 0 Å². The van der Waals surface area contributed by atoms with Crippen LogP contribution in [0.2, 0.25) is 0 Å². The van der Waals surface area contributed by atoms with Crippen molar-refractivity contribution >= 4 is 77.5 Å². The Kier molecular flexibility index (Phi) is 97.1. The maximum Gasteiger partial charge on any atom is 0 e. The summed E-state index contributed by atoms with van der Waals surface area (Å²) in [6, 6.07) is 0. The van der Waals surface area contributed by atoms with E-state index in [1.807, 2.05) is 0 Å². The van der Waals surface area contributed by atoms with Gasteiger partial charge in [-0.15, -0.1) is 0 Å². The van der Waals surface area contributed by atoms with E-state index in [4.69, 9.17) is 0 Å². The summed E-state index contributed by atoms with van der Waals surface area (Å²) >= 11 is 0. The fraction of sp³-hybridized carbons (Fsp3) is 0. The van der Waals surface area contributed by atoms with E-state index < -0.39 is 0 Å². The summed E-state index contributed by atoms with van der Waals surface area (Å²) < 4.78 is 0. The van der Waals surface area contributed by atoms with Crippen LogP contribution in [-0.4, -0.2) is 77.5 Å². The van der Waals surface area contributed by atoms with Gasteiger partial charge in [-0.2, -0.15) is 0 Å². The predicted octanol–water partition coefficient (Wildman–Crippen LogP) is -1.14. The van der Waals surface area contributed by atoms with Gasteiger partial charge in [0.15, 0.2) is 0 Å². The summed E-state index contributed by atoms with van der Waals surface area (Å²) in [5, 5.41) is 0. The third kappa shape index (κ3) is 9.34. The molecule has 0 unspecified atom stereocenters. The Bertz CT molecular complexity index is 3.25. The van der Waals surface area contributed by atoms with E-state index in [-0.39, 0.29) is 118 Å². The summed E-state index contributed by atoms with van der Waals surface area (Å²) in [6.45, 7) is 0. The van der Waals surface area contributed by atoms with Crippen LogP contribution in [0.15, 0.2) is 0 Å². The molecule has 0 fully saturated rings. The van der Waals surface area contributed by atoms with Crippen molar-refractivity contribution in [3.63, 3.8) is 0 Å². The molecule has 0 aromatic rings. The minimum atomic E-state index is 0. The Morgan fingerprint density at radius 2 is 0.500 bits per heavy atom. The predicted molar refractivity (Wildman–Crippen MR) is 17.3 cm³/mol. The first-order valence-electron chi connectivity index (χ1n) is 0. The van der Waals surface area contributed by atoms with Gasteiger partial charge in [-0.05, 0) is 0 Å². The fourth-order valence-electron chi connectivity index (χ4n) is 0. The van der Waals surface area contributed by atoms with Crippen molar-refractivity contribution in [1.82, 2.24) is 0 Å². The standard InChI is InChI=1S/3In.Sm. The molecule has 4 heteroatoms. The second kappa shape index (κ2) is 15.8. The molecule has 15 valence electrons. The average Bonchev–Trinajstić information content (AvgIpc) is 0. The van der Waals surface area contributed by atoms with Crippen LogP contribution < -0.4 is 0 Å². The van der Waals surface area contributed by atoms with Gasteiger partial charge in [-0.1, -0.05) is 0 Å². The molecule has 0 saturated carbocycles. The smallest absolute Gasteiger partial charge is 0 e. The molecule has 0 aliphatic rings. The Labute approximate surface area is 115 Å². The van der Waals surface area contributed by atoms with Gasteiger partial charge in [0, 0.05) is 118 Å². The molecular weight excluding hydrogens is 495 g/mol. The number of rotatable bonds is 0. The molecule has 4 heavy (non-hydrogen) atoms. The maximum absolute atomic E-state index is 0. The fourth-order valence-corrected chi connectivity index (χ4v) is 0. The monoisotopic (exact) mass is 497 g/mol. The molecule has 0 saturated heterocycles. The third-order valence-corrected chi connectivity index (χ3v) is 0. The number of hydrogen-bond donors (Lipinski definition) is 0. The van der Waals surface area contributed by atoms with Crippen molar-refractivity contribution in [2.45, 2.75) is 0 Å². The molecule has 0 rings (SSSR count). The van der Waals surface area contributed by atoms with Gasteiger partial charge in [-0.3, -0.25) is 0 Å². The minimum Gasteiger partial charge on any atom is 0 e. The van der Waals surface area contributed by atoms with Gasteiger partial charge < -0.3 is 0 Å². The van der Waals surface area contributed by atoms with Crippen LogP contribution >= 0.6 is 0 Å². The summed E-state index contributed by atoms with van der Waals surface area (Å²) in [5.41, 5.74) is 0. The van der Waals surface area contributed by atoms with Crippen molar-refractivity contribution < 1.29 is 40.4 Å². The van der Waals surface area contributed by atoms with Crippen LogP contribution in [0.1, 0.15) is 0 Å². The van der Waals surface area contributed by atoms with Crippen LogP contribution in [0.5, 0.6) is 0 Å². The van der Waals surface area contributed by atoms with Gasteiger partial charge in [-0.25, -0.2) is 0 Å². The normalized spacial score (nSPS) is 0. The van der Waals surface area contributed by atoms with Crippen LogP contribution in [0.25, 0.3) is 0 Å². The summed E-state index contributed by atoms with van der Waals surface area (Å²) in [6.07, 6.45) is 0. The van der Waals surface area contributed by atoms with Crippen molar-refractivity contribution in [3.8, 4) is 0 Å². The van der Waals surface area contributed by atoms with Crippen LogP contribution in [-0.2, 0) is 0 Å². The molecule has 0 aliphatic carbocycles. The molecular formula is In3Sm. The van der Waals surface area contributed by atoms with E-state index in [0.717, 1.165) is 0 Å². The van der Waals surface area contributed by atoms with Gasteiger partial charge >= 0.3 is 0 Å². The zero-order chi connectivity index (χ0) is 0. The summed E-state index contributed by atoms with van der Waals surface area (Å²) in [4.78, 5) is 0. The van der Waals surface area contributed by atoms with Crippen molar-refractivity contribution in [2.24, 2.45) is 0 Å². The van der Waals surface area contributed by atoms with Crippen molar-refractivity contribution in [2.75, 3.05) is 0 Å². The first kappa shape index (κ1) is 24.6. The van der Waals surface area contributed by atoms with Gasteiger partial charge in [0.2, 0.25) is 0 Å². The van der Waals surface area contributed by atoms with E-state index in [1.165, 1.54) is 0 Å². The molecule has 0 aromatic heterocycles. The Morgan fingerprint density at radius 1 is 0.500 bits per heavy atom. The number of hydrogen-bond acceptors (Lipinski definition) is 0. The maximum atomic E-state index is 0. The molecule has 0 N–H and O–H groups in total. The van der Waals surface area contributed by atoms with E-state index >= 15 is 0 Å².